The Labute approximate surface area is 106 Å². The van der Waals surface area contributed by atoms with Crippen molar-refractivity contribution in [2.75, 3.05) is 19.7 Å². The summed E-state index contributed by atoms with van der Waals surface area (Å²) in [4.78, 5) is 10.6. The summed E-state index contributed by atoms with van der Waals surface area (Å²) in [7, 11) is 0. The van der Waals surface area contributed by atoms with Gasteiger partial charge in [0.05, 0.1) is 12.7 Å². The van der Waals surface area contributed by atoms with Gasteiger partial charge in [-0.25, -0.2) is 4.79 Å². The minimum atomic E-state index is -1.07. The highest BCUT2D eigenvalue weighted by atomic mass is 16.4. The summed E-state index contributed by atoms with van der Waals surface area (Å²) in [5.41, 5.74) is -0.0401. The van der Waals surface area contributed by atoms with Gasteiger partial charge in [-0.3, -0.25) is 4.68 Å². The summed E-state index contributed by atoms with van der Waals surface area (Å²) in [6.07, 6.45) is 3.24. The minimum absolute atomic E-state index is 0.0401. The third-order valence-corrected chi connectivity index (χ3v) is 2.82. The van der Waals surface area contributed by atoms with Gasteiger partial charge in [-0.1, -0.05) is 18.6 Å². The molecule has 1 unspecified atom stereocenters. The first-order chi connectivity index (χ1) is 8.67. The van der Waals surface area contributed by atoms with Crippen LogP contribution in [0.25, 0.3) is 0 Å². The zero-order valence-corrected chi connectivity index (χ0v) is 10.5. The molecular weight excluding hydrogens is 236 g/mol. The maximum Gasteiger partial charge on any atom is 0.358 e. The number of aromatic carboxylic acids is 1. The highest BCUT2D eigenvalue weighted by Crippen LogP contribution is 2.05. The molecule has 0 bridgehead atoms. The van der Waals surface area contributed by atoms with Crippen molar-refractivity contribution in [2.24, 2.45) is 5.92 Å². The van der Waals surface area contributed by atoms with E-state index in [0.717, 1.165) is 19.4 Å². The number of carboxylic acid groups (broad SMARTS) is 1. The Morgan fingerprint density at radius 2 is 2.39 bits per heavy atom. The van der Waals surface area contributed by atoms with Crippen LogP contribution in [0.3, 0.4) is 0 Å². The molecule has 0 radical (unpaired) electrons. The number of rotatable bonds is 9. The number of carboxylic acids is 1. The van der Waals surface area contributed by atoms with Crippen LogP contribution in [0.15, 0.2) is 6.20 Å². The second-order valence-corrected chi connectivity index (χ2v) is 4.16. The predicted octanol–water partition coefficient (Wildman–Crippen LogP) is -0.0255. The molecule has 0 saturated heterocycles. The molecule has 0 amide bonds. The van der Waals surface area contributed by atoms with Gasteiger partial charge in [-0.15, -0.1) is 5.10 Å². The summed E-state index contributed by atoms with van der Waals surface area (Å²) >= 11 is 0. The molecule has 1 rings (SSSR count). The fraction of sp³-hybridized carbons (Fsp3) is 0.727. The predicted molar refractivity (Wildman–Crippen MR) is 65.3 cm³/mol. The van der Waals surface area contributed by atoms with Crippen molar-refractivity contribution in [1.29, 1.82) is 0 Å². The third-order valence-electron chi connectivity index (χ3n) is 2.82. The van der Waals surface area contributed by atoms with Gasteiger partial charge in [-0.05, 0) is 18.9 Å². The zero-order chi connectivity index (χ0) is 13.4. The smallest absolute Gasteiger partial charge is 0.358 e. The van der Waals surface area contributed by atoms with E-state index in [1.807, 2.05) is 0 Å². The van der Waals surface area contributed by atoms with Crippen LogP contribution in [-0.2, 0) is 6.54 Å². The van der Waals surface area contributed by atoms with Gasteiger partial charge < -0.3 is 15.5 Å². The van der Waals surface area contributed by atoms with E-state index >= 15 is 0 Å². The van der Waals surface area contributed by atoms with E-state index in [9.17, 15) is 4.79 Å². The van der Waals surface area contributed by atoms with E-state index in [1.54, 1.807) is 0 Å². The van der Waals surface area contributed by atoms with Gasteiger partial charge in [0.1, 0.15) is 0 Å². The van der Waals surface area contributed by atoms with Crippen molar-refractivity contribution < 1.29 is 15.0 Å². The van der Waals surface area contributed by atoms with E-state index in [0.29, 0.717) is 19.0 Å². The first kappa shape index (κ1) is 14.6. The van der Waals surface area contributed by atoms with Gasteiger partial charge in [0.25, 0.3) is 0 Å². The standard InChI is InChI=1S/C11H20N4O3/c1-2-9(3-6-16)7-12-4-5-15-8-10(11(17)18)13-14-15/h8-9,12,16H,2-7H2,1H3,(H,17,18). The normalized spacial score (nSPS) is 12.6. The van der Waals surface area contributed by atoms with Crippen molar-refractivity contribution >= 4 is 5.97 Å². The van der Waals surface area contributed by atoms with Gasteiger partial charge in [0, 0.05) is 13.2 Å². The lowest BCUT2D eigenvalue weighted by Gasteiger charge is -2.13. The molecule has 102 valence electrons. The Morgan fingerprint density at radius 1 is 1.61 bits per heavy atom. The highest BCUT2D eigenvalue weighted by Gasteiger charge is 2.08. The van der Waals surface area contributed by atoms with Crippen LogP contribution >= 0.6 is 0 Å². The molecule has 0 saturated carbocycles. The topological polar surface area (TPSA) is 100 Å². The van der Waals surface area contributed by atoms with Gasteiger partial charge >= 0.3 is 5.97 Å². The molecule has 0 aliphatic rings. The van der Waals surface area contributed by atoms with Crippen LogP contribution in [0.1, 0.15) is 30.3 Å². The monoisotopic (exact) mass is 256 g/mol. The molecule has 0 aliphatic heterocycles. The van der Waals surface area contributed by atoms with Crippen molar-refractivity contribution in [2.45, 2.75) is 26.3 Å². The molecule has 1 atom stereocenters. The lowest BCUT2D eigenvalue weighted by atomic mass is 10.0. The van der Waals surface area contributed by atoms with Gasteiger partial charge in [-0.2, -0.15) is 0 Å². The number of aromatic nitrogens is 3. The Balaban J connectivity index is 2.22. The average molecular weight is 256 g/mol. The largest absolute Gasteiger partial charge is 0.476 e. The SMILES string of the molecule is CCC(CCO)CNCCn1cc(C(=O)O)nn1. The second kappa shape index (κ2) is 7.78. The number of aliphatic hydroxyl groups is 1. The molecule has 0 aromatic carbocycles. The fourth-order valence-corrected chi connectivity index (χ4v) is 1.64. The molecule has 1 heterocycles. The Kier molecular flexibility index (Phi) is 6.31. The molecule has 3 N–H and O–H groups in total. The molecule has 7 heteroatoms. The summed E-state index contributed by atoms with van der Waals surface area (Å²) in [6, 6.07) is 0. The molecule has 7 nitrogen and oxygen atoms in total. The van der Waals surface area contributed by atoms with Gasteiger partial charge in [0.2, 0.25) is 0 Å². The first-order valence-corrected chi connectivity index (χ1v) is 6.12. The van der Waals surface area contributed by atoms with E-state index in [4.69, 9.17) is 10.2 Å². The van der Waals surface area contributed by atoms with Crippen molar-refractivity contribution in [3.63, 3.8) is 0 Å². The lowest BCUT2D eigenvalue weighted by molar-refractivity contribution is 0.0690. The van der Waals surface area contributed by atoms with Crippen LogP contribution in [-0.4, -0.2) is 50.9 Å². The second-order valence-electron chi connectivity index (χ2n) is 4.16. The number of nitrogens with zero attached hydrogens (tertiary/aromatic N) is 3. The first-order valence-electron chi connectivity index (χ1n) is 6.12. The number of hydrogen-bond donors (Lipinski definition) is 3. The number of carbonyl (C=O) groups is 1. The quantitative estimate of drug-likeness (QED) is 0.537. The van der Waals surface area contributed by atoms with Crippen LogP contribution in [0, 0.1) is 5.92 Å². The number of hydrogen-bond acceptors (Lipinski definition) is 5. The van der Waals surface area contributed by atoms with E-state index in [2.05, 4.69) is 22.6 Å². The van der Waals surface area contributed by atoms with Crippen molar-refractivity contribution in [1.82, 2.24) is 20.3 Å². The molecule has 1 aromatic rings. The Morgan fingerprint density at radius 3 is 2.94 bits per heavy atom. The van der Waals surface area contributed by atoms with Crippen LogP contribution in [0.4, 0.5) is 0 Å². The number of nitrogens with one attached hydrogen (secondary N) is 1. The molecule has 0 fully saturated rings. The van der Waals surface area contributed by atoms with Crippen molar-refractivity contribution in [3.8, 4) is 0 Å². The van der Waals surface area contributed by atoms with Crippen LogP contribution in [0.2, 0.25) is 0 Å². The highest BCUT2D eigenvalue weighted by molar-refractivity contribution is 5.84. The Hall–Kier alpha value is -1.47. The molecule has 1 aromatic heterocycles. The molecule has 0 spiro atoms. The van der Waals surface area contributed by atoms with E-state index in [1.165, 1.54) is 10.9 Å². The minimum Gasteiger partial charge on any atom is -0.476 e. The molecular formula is C11H20N4O3. The Bertz CT molecular complexity index is 367. The van der Waals surface area contributed by atoms with Crippen LogP contribution < -0.4 is 5.32 Å². The maximum atomic E-state index is 10.6. The summed E-state index contributed by atoms with van der Waals surface area (Å²) in [5.74, 6) is -0.594. The summed E-state index contributed by atoms with van der Waals surface area (Å²) in [5, 5.41) is 28.0. The zero-order valence-electron chi connectivity index (χ0n) is 10.5. The number of aliphatic hydroxyl groups excluding tert-OH is 1. The summed E-state index contributed by atoms with van der Waals surface area (Å²) < 4.78 is 1.50. The maximum absolute atomic E-state index is 10.6. The fourth-order valence-electron chi connectivity index (χ4n) is 1.64. The summed E-state index contributed by atoms with van der Waals surface area (Å²) in [6.45, 7) is 4.43. The van der Waals surface area contributed by atoms with Crippen molar-refractivity contribution in [3.05, 3.63) is 11.9 Å². The van der Waals surface area contributed by atoms with E-state index < -0.39 is 5.97 Å². The lowest BCUT2D eigenvalue weighted by Crippen LogP contribution is -2.26. The average Bonchev–Trinajstić information content (AvgIpc) is 2.82. The van der Waals surface area contributed by atoms with Gasteiger partial charge in [0.15, 0.2) is 5.69 Å². The van der Waals surface area contributed by atoms with E-state index in [-0.39, 0.29) is 12.3 Å². The molecule has 18 heavy (non-hydrogen) atoms. The third kappa shape index (κ3) is 4.80. The molecule has 0 aliphatic carbocycles. The van der Waals surface area contributed by atoms with Crippen LogP contribution in [0.5, 0.6) is 0 Å².